The molecule has 1 aromatic carbocycles. The molecule has 0 unspecified atom stereocenters. The Labute approximate surface area is 120 Å². The van der Waals surface area contributed by atoms with E-state index in [4.69, 9.17) is 9.15 Å². The van der Waals surface area contributed by atoms with Crippen molar-refractivity contribution in [2.75, 3.05) is 0 Å². The maximum absolute atomic E-state index is 11.6. The number of aryl methyl sites for hydroxylation is 1. The minimum Gasteiger partial charge on any atom is -0.458 e. The summed E-state index contributed by atoms with van der Waals surface area (Å²) in [7, 11) is 0. The quantitative estimate of drug-likeness (QED) is 0.365. The van der Waals surface area contributed by atoms with E-state index in [2.05, 4.69) is 0 Å². The van der Waals surface area contributed by atoms with E-state index in [9.17, 15) is 14.9 Å². The molecule has 0 spiro atoms. The second-order valence-electron chi connectivity index (χ2n) is 4.30. The number of benzene rings is 1. The normalized spacial score (nSPS) is 10.7. The highest BCUT2D eigenvalue weighted by Gasteiger charge is 2.10. The number of carbonyl (C=O) groups is 1. The Morgan fingerprint density at radius 2 is 2.10 bits per heavy atom. The summed E-state index contributed by atoms with van der Waals surface area (Å²) in [4.78, 5) is 21.4. The van der Waals surface area contributed by atoms with Crippen molar-refractivity contribution in [2.24, 2.45) is 0 Å². The maximum atomic E-state index is 11.6. The molecule has 0 fully saturated rings. The van der Waals surface area contributed by atoms with Crippen molar-refractivity contribution in [1.82, 2.24) is 0 Å². The summed E-state index contributed by atoms with van der Waals surface area (Å²) in [6.45, 7) is 2.11. The number of nitro groups is 1. The van der Waals surface area contributed by atoms with Gasteiger partial charge in [0.15, 0.2) is 0 Å². The van der Waals surface area contributed by atoms with Crippen LogP contribution >= 0.6 is 0 Å². The molecular weight excluding hydrogens is 274 g/mol. The molecule has 0 aliphatic heterocycles. The first-order valence-corrected chi connectivity index (χ1v) is 6.20. The topological polar surface area (TPSA) is 82.6 Å². The molecule has 0 aliphatic carbocycles. The second-order valence-corrected chi connectivity index (χ2v) is 4.30. The highest BCUT2D eigenvalue weighted by molar-refractivity contribution is 5.86. The molecule has 0 bridgehead atoms. The number of nitrogens with zero attached hydrogens (tertiary/aromatic N) is 1. The molecule has 0 saturated carbocycles. The molecule has 6 nitrogen and oxygen atoms in total. The molecule has 108 valence electrons. The minimum atomic E-state index is -0.645. The lowest BCUT2D eigenvalue weighted by Gasteiger charge is -2.05. The number of hydrogen-bond acceptors (Lipinski definition) is 5. The van der Waals surface area contributed by atoms with Gasteiger partial charge in [-0.15, -0.1) is 0 Å². The van der Waals surface area contributed by atoms with Crippen molar-refractivity contribution in [3.05, 3.63) is 69.5 Å². The summed E-state index contributed by atoms with van der Waals surface area (Å²) in [5.41, 5.74) is 1.96. The Kier molecular flexibility index (Phi) is 4.50. The number of esters is 1. The fourth-order valence-electron chi connectivity index (χ4n) is 1.65. The summed E-state index contributed by atoms with van der Waals surface area (Å²) in [6.07, 6.45) is 2.49. The third-order valence-electron chi connectivity index (χ3n) is 2.81. The van der Waals surface area contributed by atoms with Gasteiger partial charge in [-0.25, -0.2) is 4.79 Å². The molecule has 0 saturated heterocycles. The van der Waals surface area contributed by atoms with E-state index < -0.39 is 10.9 Å². The summed E-state index contributed by atoms with van der Waals surface area (Å²) in [6, 6.07) is 10.2. The van der Waals surface area contributed by atoms with Gasteiger partial charge >= 0.3 is 11.9 Å². The number of carbonyl (C=O) groups excluding carboxylic acids is 1. The zero-order valence-electron chi connectivity index (χ0n) is 11.3. The molecule has 0 atom stereocenters. The molecule has 1 aromatic heterocycles. The second kappa shape index (κ2) is 6.51. The van der Waals surface area contributed by atoms with Crippen LogP contribution in [0.3, 0.4) is 0 Å². The van der Waals surface area contributed by atoms with Crippen molar-refractivity contribution in [2.45, 2.75) is 13.5 Å². The zero-order chi connectivity index (χ0) is 15.2. The summed E-state index contributed by atoms with van der Waals surface area (Å²) in [5, 5.41) is 10.4. The van der Waals surface area contributed by atoms with Crippen LogP contribution < -0.4 is 0 Å². The molecule has 6 heteroatoms. The van der Waals surface area contributed by atoms with E-state index >= 15 is 0 Å². The van der Waals surface area contributed by atoms with Crippen LogP contribution in [-0.4, -0.2) is 10.9 Å². The van der Waals surface area contributed by atoms with Crippen molar-refractivity contribution in [3.63, 3.8) is 0 Å². The third-order valence-corrected chi connectivity index (χ3v) is 2.81. The van der Waals surface area contributed by atoms with Gasteiger partial charge in [-0.1, -0.05) is 24.3 Å². The van der Waals surface area contributed by atoms with Crippen LogP contribution in [0.1, 0.15) is 16.9 Å². The smallest absolute Gasteiger partial charge is 0.433 e. The largest absolute Gasteiger partial charge is 0.458 e. The predicted octanol–water partition coefficient (Wildman–Crippen LogP) is 3.25. The van der Waals surface area contributed by atoms with Crippen LogP contribution in [0.15, 0.2) is 46.9 Å². The Morgan fingerprint density at radius 1 is 1.33 bits per heavy atom. The van der Waals surface area contributed by atoms with Crippen molar-refractivity contribution < 1.29 is 18.9 Å². The fraction of sp³-hybridized carbons (Fsp3) is 0.133. The average Bonchev–Trinajstić information content (AvgIpc) is 2.93. The lowest BCUT2D eigenvalue weighted by Crippen LogP contribution is -2.01. The molecule has 0 aliphatic rings. The van der Waals surface area contributed by atoms with Crippen molar-refractivity contribution in [1.29, 1.82) is 0 Å². The minimum absolute atomic E-state index is 0.175. The summed E-state index contributed by atoms with van der Waals surface area (Å²) >= 11 is 0. The zero-order valence-corrected chi connectivity index (χ0v) is 11.3. The number of furan rings is 1. The molecule has 0 N–H and O–H groups in total. The van der Waals surface area contributed by atoms with Crippen LogP contribution in [0.4, 0.5) is 5.88 Å². The van der Waals surface area contributed by atoms with Crippen LogP contribution in [0.5, 0.6) is 0 Å². The maximum Gasteiger partial charge on any atom is 0.433 e. The lowest BCUT2D eigenvalue weighted by molar-refractivity contribution is -0.402. The van der Waals surface area contributed by atoms with Gasteiger partial charge in [0.05, 0.1) is 6.07 Å². The predicted molar refractivity (Wildman–Crippen MR) is 75.4 cm³/mol. The first-order valence-electron chi connectivity index (χ1n) is 6.20. The van der Waals surface area contributed by atoms with Crippen LogP contribution in [0, 0.1) is 17.0 Å². The van der Waals surface area contributed by atoms with Crippen LogP contribution in [0.2, 0.25) is 0 Å². The Bertz CT molecular complexity index is 687. The average molecular weight is 287 g/mol. The Hall–Kier alpha value is -2.89. The standard InChI is InChI=1S/C15H13NO5/c1-11-4-2-3-5-12(11)10-20-15(17)9-7-13-6-8-14(21-13)16(18)19/h2-9H,10H2,1H3/b9-7+. The third kappa shape index (κ3) is 4.04. The Morgan fingerprint density at radius 3 is 2.76 bits per heavy atom. The van der Waals surface area contributed by atoms with Gasteiger partial charge in [-0.3, -0.25) is 10.1 Å². The van der Waals surface area contributed by atoms with Gasteiger partial charge in [-0.2, -0.15) is 0 Å². The molecule has 21 heavy (non-hydrogen) atoms. The van der Waals surface area contributed by atoms with Crippen molar-refractivity contribution >= 4 is 17.9 Å². The molecular formula is C15H13NO5. The van der Waals surface area contributed by atoms with E-state index in [1.54, 1.807) is 0 Å². The summed E-state index contributed by atoms with van der Waals surface area (Å²) in [5.74, 6) is -0.699. The number of ether oxygens (including phenoxy) is 1. The van der Waals surface area contributed by atoms with Crippen LogP contribution in [0.25, 0.3) is 6.08 Å². The van der Waals surface area contributed by atoms with Gasteiger partial charge in [0.1, 0.15) is 17.3 Å². The molecule has 2 aromatic rings. The molecule has 0 radical (unpaired) electrons. The van der Waals surface area contributed by atoms with Gasteiger partial charge in [0, 0.05) is 6.08 Å². The van der Waals surface area contributed by atoms with E-state index in [1.165, 1.54) is 24.3 Å². The first kappa shape index (κ1) is 14.5. The van der Waals surface area contributed by atoms with Gasteiger partial charge < -0.3 is 9.15 Å². The lowest BCUT2D eigenvalue weighted by atomic mass is 10.1. The molecule has 1 heterocycles. The molecule has 2 rings (SSSR count). The van der Waals surface area contributed by atoms with Crippen LogP contribution in [-0.2, 0) is 16.1 Å². The van der Waals surface area contributed by atoms with E-state index in [1.807, 2.05) is 31.2 Å². The highest BCUT2D eigenvalue weighted by Crippen LogP contribution is 2.16. The monoisotopic (exact) mass is 287 g/mol. The van der Waals surface area contributed by atoms with E-state index in [0.717, 1.165) is 11.1 Å². The van der Waals surface area contributed by atoms with Gasteiger partial charge in [0.25, 0.3) is 0 Å². The van der Waals surface area contributed by atoms with Gasteiger partial charge in [0.2, 0.25) is 0 Å². The summed E-state index contributed by atoms with van der Waals surface area (Å²) < 4.78 is 9.97. The van der Waals surface area contributed by atoms with Crippen molar-refractivity contribution in [3.8, 4) is 0 Å². The van der Waals surface area contributed by atoms with E-state index in [-0.39, 0.29) is 18.3 Å². The van der Waals surface area contributed by atoms with E-state index in [0.29, 0.717) is 0 Å². The number of rotatable bonds is 5. The SMILES string of the molecule is Cc1ccccc1COC(=O)/C=C/c1ccc([N+](=O)[O-])o1. The number of hydrogen-bond donors (Lipinski definition) is 0. The fourth-order valence-corrected chi connectivity index (χ4v) is 1.65. The highest BCUT2D eigenvalue weighted by atomic mass is 16.6. The first-order chi connectivity index (χ1) is 10.1. The Balaban J connectivity index is 1.90. The molecule has 0 amide bonds. The van der Waals surface area contributed by atoms with Gasteiger partial charge in [-0.05, 0) is 30.2 Å².